The summed E-state index contributed by atoms with van der Waals surface area (Å²) in [4.78, 5) is 14.3. The van der Waals surface area contributed by atoms with E-state index in [2.05, 4.69) is 0 Å². The Morgan fingerprint density at radius 3 is 2.62 bits per heavy atom. The number of amides is 1. The van der Waals surface area contributed by atoms with Gasteiger partial charge in [-0.05, 0) is 24.1 Å². The summed E-state index contributed by atoms with van der Waals surface area (Å²) in [5, 5.41) is 0. The summed E-state index contributed by atoms with van der Waals surface area (Å²) < 4.78 is 0.634. The van der Waals surface area contributed by atoms with E-state index < -0.39 is 0 Å². The fourth-order valence-electron chi connectivity index (χ4n) is 1.40. The Morgan fingerprint density at radius 2 is 2.19 bits per heavy atom. The molecule has 1 rings (SSSR count). The van der Waals surface area contributed by atoms with E-state index in [0.29, 0.717) is 22.3 Å². The highest BCUT2D eigenvalue weighted by Crippen LogP contribution is 2.23. The molecule has 16 heavy (non-hydrogen) atoms. The zero-order valence-electron chi connectivity index (χ0n) is 9.79. The van der Waals surface area contributed by atoms with Gasteiger partial charge in [0.25, 0.3) is 5.91 Å². The summed E-state index contributed by atoms with van der Waals surface area (Å²) in [6.07, 6.45) is 0. The molecule has 90 valence electrons. The number of thiophene rings is 1. The molecule has 0 fully saturated rings. The molecule has 0 bridgehead atoms. The summed E-state index contributed by atoms with van der Waals surface area (Å²) in [5.41, 5.74) is 5.58. The van der Waals surface area contributed by atoms with E-state index in [1.165, 1.54) is 11.3 Å². The largest absolute Gasteiger partial charge is 0.340 e. The van der Waals surface area contributed by atoms with E-state index >= 15 is 0 Å². The molecule has 2 N–H and O–H groups in total. The van der Waals surface area contributed by atoms with Crippen molar-refractivity contribution < 1.29 is 4.79 Å². The molecule has 5 heteroatoms. The van der Waals surface area contributed by atoms with E-state index in [-0.39, 0.29) is 11.3 Å². The second-order valence-electron chi connectivity index (χ2n) is 4.63. The van der Waals surface area contributed by atoms with Crippen molar-refractivity contribution in [1.29, 1.82) is 0 Å². The van der Waals surface area contributed by atoms with Gasteiger partial charge in [-0.3, -0.25) is 4.79 Å². The van der Waals surface area contributed by atoms with Crippen LogP contribution in [0.15, 0.2) is 12.1 Å². The van der Waals surface area contributed by atoms with Gasteiger partial charge < -0.3 is 10.6 Å². The van der Waals surface area contributed by atoms with Gasteiger partial charge in [-0.1, -0.05) is 25.4 Å². The van der Waals surface area contributed by atoms with Gasteiger partial charge in [0.15, 0.2) is 0 Å². The molecule has 1 aromatic heterocycles. The van der Waals surface area contributed by atoms with Gasteiger partial charge in [0, 0.05) is 13.6 Å². The molecule has 0 atom stereocenters. The van der Waals surface area contributed by atoms with Gasteiger partial charge in [-0.2, -0.15) is 0 Å². The Morgan fingerprint density at radius 1 is 1.56 bits per heavy atom. The zero-order valence-corrected chi connectivity index (χ0v) is 11.4. The third-order valence-corrected chi connectivity index (χ3v) is 3.57. The summed E-state index contributed by atoms with van der Waals surface area (Å²) >= 11 is 7.10. The number of halogens is 1. The van der Waals surface area contributed by atoms with Crippen LogP contribution in [0.4, 0.5) is 0 Å². The van der Waals surface area contributed by atoms with Gasteiger partial charge in [-0.25, -0.2) is 0 Å². The molecule has 0 unspecified atom stereocenters. The van der Waals surface area contributed by atoms with Gasteiger partial charge >= 0.3 is 0 Å². The van der Waals surface area contributed by atoms with Crippen LogP contribution in [0.5, 0.6) is 0 Å². The summed E-state index contributed by atoms with van der Waals surface area (Å²) in [5.74, 6) is -0.00146. The molecule has 0 saturated carbocycles. The number of nitrogens with zero attached hydrogens (tertiary/aromatic N) is 1. The molecule has 0 aliphatic heterocycles. The van der Waals surface area contributed by atoms with Gasteiger partial charge in [-0.15, -0.1) is 11.3 Å². The molecule has 0 radical (unpaired) electrons. The van der Waals surface area contributed by atoms with Crippen LogP contribution < -0.4 is 5.73 Å². The van der Waals surface area contributed by atoms with E-state index in [4.69, 9.17) is 17.3 Å². The number of hydrogen-bond acceptors (Lipinski definition) is 3. The van der Waals surface area contributed by atoms with E-state index in [0.717, 1.165) is 0 Å². The Balaban J connectivity index is 2.68. The van der Waals surface area contributed by atoms with Crippen LogP contribution in [0.1, 0.15) is 23.5 Å². The molecule has 0 saturated heterocycles. The standard InChI is InChI=1S/C11H17ClN2OS/c1-11(2,6-13)7-14(3)10(15)8-4-5-9(12)16-8/h4-5H,6-7,13H2,1-3H3. The average molecular weight is 261 g/mol. The predicted molar refractivity (Wildman–Crippen MR) is 69.1 cm³/mol. The maximum Gasteiger partial charge on any atom is 0.263 e. The molecule has 1 aromatic rings. The topological polar surface area (TPSA) is 46.3 Å². The van der Waals surface area contributed by atoms with Crippen molar-refractivity contribution in [2.45, 2.75) is 13.8 Å². The first-order valence-corrected chi connectivity index (χ1v) is 6.26. The van der Waals surface area contributed by atoms with Crippen LogP contribution in [0, 0.1) is 5.41 Å². The third-order valence-electron chi connectivity index (χ3n) is 2.35. The van der Waals surface area contributed by atoms with Crippen molar-refractivity contribution in [3.8, 4) is 0 Å². The van der Waals surface area contributed by atoms with Gasteiger partial charge in [0.1, 0.15) is 0 Å². The van der Waals surface area contributed by atoms with Gasteiger partial charge in [0.2, 0.25) is 0 Å². The number of carbonyl (C=O) groups is 1. The van der Waals surface area contributed by atoms with Crippen LogP contribution in [-0.4, -0.2) is 30.9 Å². The summed E-state index contributed by atoms with van der Waals surface area (Å²) in [6.45, 7) is 5.27. The van der Waals surface area contributed by atoms with Crippen molar-refractivity contribution >= 4 is 28.8 Å². The minimum absolute atomic E-state index is 0.00146. The summed E-state index contributed by atoms with van der Waals surface area (Å²) in [6, 6.07) is 3.49. The van der Waals surface area contributed by atoms with Crippen LogP contribution in [0.25, 0.3) is 0 Å². The van der Waals surface area contributed by atoms with Crippen molar-refractivity contribution in [1.82, 2.24) is 4.90 Å². The number of nitrogens with two attached hydrogens (primary N) is 1. The molecule has 0 aliphatic rings. The molecule has 3 nitrogen and oxygen atoms in total. The minimum atomic E-state index is -0.0640. The third kappa shape index (κ3) is 3.47. The second-order valence-corrected chi connectivity index (χ2v) is 6.35. The first-order chi connectivity index (χ1) is 7.35. The highest BCUT2D eigenvalue weighted by Gasteiger charge is 2.22. The monoisotopic (exact) mass is 260 g/mol. The summed E-state index contributed by atoms with van der Waals surface area (Å²) in [7, 11) is 1.79. The molecule has 0 aliphatic carbocycles. The fraction of sp³-hybridized carbons (Fsp3) is 0.545. The van der Waals surface area contributed by atoms with Crippen molar-refractivity contribution in [2.75, 3.05) is 20.1 Å². The van der Waals surface area contributed by atoms with Gasteiger partial charge in [0.05, 0.1) is 9.21 Å². The minimum Gasteiger partial charge on any atom is -0.340 e. The molecule has 0 spiro atoms. The first kappa shape index (κ1) is 13.5. The molecule has 1 amide bonds. The van der Waals surface area contributed by atoms with E-state index in [1.54, 1.807) is 24.1 Å². The fourth-order valence-corrected chi connectivity index (χ4v) is 2.43. The lowest BCUT2D eigenvalue weighted by Gasteiger charge is -2.28. The zero-order chi connectivity index (χ0) is 12.3. The average Bonchev–Trinajstić information content (AvgIpc) is 2.63. The normalized spacial score (nSPS) is 11.6. The highest BCUT2D eigenvalue weighted by molar-refractivity contribution is 7.17. The smallest absolute Gasteiger partial charge is 0.263 e. The molecular weight excluding hydrogens is 244 g/mol. The molecular formula is C11H17ClN2OS. The maximum absolute atomic E-state index is 12.0. The molecule has 0 aromatic carbocycles. The second kappa shape index (κ2) is 5.17. The molecule has 1 heterocycles. The van der Waals surface area contributed by atoms with E-state index in [1.807, 2.05) is 13.8 Å². The Bertz CT molecular complexity index is 376. The lowest BCUT2D eigenvalue weighted by molar-refractivity contribution is 0.0745. The van der Waals surface area contributed by atoms with Crippen LogP contribution in [-0.2, 0) is 0 Å². The number of carbonyl (C=O) groups excluding carboxylic acids is 1. The number of hydrogen-bond donors (Lipinski definition) is 1. The Labute approximate surface area is 105 Å². The number of rotatable bonds is 4. The van der Waals surface area contributed by atoms with Crippen LogP contribution >= 0.6 is 22.9 Å². The van der Waals surface area contributed by atoms with Crippen LogP contribution in [0.2, 0.25) is 4.34 Å². The lowest BCUT2D eigenvalue weighted by Crippen LogP contribution is -2.39. The van der Waals surface area contributed by atoms with E-state index in [9.17, 15) is 4.79 Å². The quantitative estimate of drug-likeness (QED) is 0.904. The van der Waals surface area contributed by atoms with Crippen molar-refractivity contribution in [3.63, 3.8) is 0 Å². The Kier molecular flexibility index (Phi) is 4.35. The predicted octanol–water partition coefficient (Wildman–Crippen LogP) is 2.46. The Hall–Kier alpha value is -0.580. The lowest BCUT2D eigenvalue weighted by atomic mass is 9.93. The maximum atomic E-state index is 12.0. The highest BCUT2D eigenvalue weighted by atomic mass is 35.5. The first-order valence-electron chi connectivity index (χ1n) is 5.06. The SMILES string of the molecule is CN(CC(C)(C)CN)C(=O)c1ccc(Cl)s1. The van der Waals surface area contributed by atoms with Crippen LogP contribution in [0.3, 0.4) is 0 Å². The van der Waals surface area contributed by atoms with Crippen molar-refractivity contribution in [3.05, 3.63) is 21.3 Å². The van der Waals surface area contributed by atoms with Crippen molar-refractivity contribution in [2.24, 2.45) is 11.1 Å².